The zero-order chi connectivity index (χ0) is 32.4. The number of alkyl halides is 3. The first-order valence-corrected chi connectivity index (χ1v) is 13.4. The molecule has 0 fully saturated rings. The molecule has 1 aromatic carbocycles. The van der Waals surface area contributed by atoms with Crippen molar-refractivity contribution in [2.75, 3.05) is 26.6 Å². The van der Waals surface area contributed by atoms with E-state index in [9.17, 15) is 23.1 Å². The summed E-state index contributed by atoms with van der Waals surface area (Å²) in [4.78, 5) is 25.7. The molecule has 14 heteroatoms. The number of fused-ring (bicyclic) bond motifs is 1. The molecular weight excluding hydrogens is 603 g/mol. The molecule has 232 valence electrons. The predicted molar refractivity (Wildman–Crippen MR) is 156 cm³/mol. The van der Waals surface area contributed by atoms with E-state index in [1.54, 1.807) is 24.1 Å². The van der Waals surface area contributed by atoms with E-state index in [-0.39, 0.29) is 23.2 Å². The van der Waals surface area contributed by atoms with Crippen LogP contribution in [0.5, 0.6) is 5.75 Å². The van der Waals surface area contributed by atoms with Crippen molar-refractivity contribution in [3.05, 3.63) is 75.8 Å². The van der Waals surface area contributed by atoms with E-state index < -0.39 is 35.5 Å². The highest BCUT2D eigenvalue weighted by Crippen LogP contribution is 2.43. The van der Waals surface area contributed by atoms with Gasteiger partial charge in [0.1, 0.15) is 23.2 Å². The maximum absolute atomic E-state index is 14.2. The second-order valence-corrected chi connectivity index (χ2v) is 10.5. The van der Waals surface area contributed by atoms with Gasteiger partial charge in [-0.1, -0.05) is 53.8 Å². The lowest BCUT2D eigenvalue weighted by molar-refractivity contribution is -0.277. The summed E-state index contributed by atoms with van der Waals surface area (Å²) in [5.74, 6) is 4.13. The summed E-state index contributed by atoms with van der Waals surface area (Å²) in [5.41, 5.74) is 2.80. The molecule has 0 saturated carbocycles. The lowest BCUT2D eigenvalue weighted by Crippen LogP contribution is -2.52. The molecule has 0 bridgehead atoms. The Morgan fingerprint density at radius 2 is 1.84 bits per heavy atom. The smallest absolute Gasteiger partial charge is 0.432 e. The van der Waals surface area contributed by atoms with Crippen molar-refractivity contribution in [3.63, 3.8) is 0 Å². The zero-order valence-electron chi connectivity index (χ0n) is 24.4. The number of anilines is 1. The molecule has 44 heavy (non-hydrogen) atoms. The number of hydrogen-bond donors (Lipinski definition) is 2. The Hall–Kier alpha value is -4.38. The van der Waals surface area contributed by atoms with Crippen molar-refractivity contribution in [1.29, 1.82) is 0 Å². The van der Waals surface area contributed by atoms with Gasteiger partial charge in [-0.25, -0.2) is 9.78 Å². The third-order valence-electron chi connectivity index (χ3n) is 6.88. The molecular formula is C30H29ClF3N5O5. The van der Waals surface area contributed by atoms with Gasteiger partial charge >= 0.3 is 12.1 Å². The number of aliphatic hydroxyl groups is 1. The molecule has 2 atom stereocenters. The molecule has 4 aromatic rings. The number of rotatable bonds is 8. The van der Waals surface area contributed by atoms with Gasteiger partial charge in [-0.3, -0.25) is 4.98 Å². The SMILES string of the molecule is COc1c(C)cnc(Cn2cc(C#C[C@](C)(O)COC(=O)[C@](OC)(c3ccccc3)C(F)(F)F)c3c(Cl)nc(N)nc32)c1C. The number of carbonyl (C=O) groups is 1. The minimum atomic E-state index is -5.17. The molecule has 3 aromatic heterocycles. The van der Waals surface area contributed by atoms with Gasteiger partial charge in [-0.15, -0.1) is 0 Å². The van der Waals surface area contributed by atoms with Crippen LogP contribution in [0.2, 0.25) is 5.15 Å². The van der Waals surface area contributed by atoms with Gasteiger partial charge in [0.05, 0.1) is 30.3 Å². The number of carbonyl (C=O) groups excluding carboxylic acids is 1. The van der Waals surface area contributed by atoms with Crippen molar-refractivity contribution >= 4 is 34.6 Å². The number of pyridine rings is 1. The Bertz CT molecular complexity index is 1770. The standard InChI is InChI=1S/C30H29ClF3N5O5/c1-17-13-36-21(18(2)23(17)42-4)15-39-14-19(22-24(31)37-27(35)38-25(22)39)11-12-28(3,41)16-44-26(40)29(43-5,30(32,33)34)20-9-7-6-8-10-20/h6-10,13-14,41H,15-16H2,1-5H3,(H2,35,37,38)/t28-,29+/m0/s1. The monoisotopic (exact) mass is 631 g/mol. The third kappa shape index (κ3) is 6.14. The third-order valence-corrected chi connectivity index (χ3v) is 7.16. The Balaban J connectivity index is 1.67. The van der Waals surface area contributed by atoms with Crippen LogP contribution in [0.3, 0.4) is 0 Å². The topological polar surface area (TPSA) is 135 Å². The average molecular weight is 632 g/mol. The number of aromatic nitrogens is 4. The summed E-state index contributed by atoms with van der Waals surface area (Å²) >= 11 is 6.40. The van der Waals surface area contributed by atoms with E-state index >= 15 is 0 Å². The molecule has 0 spiro atoms. The Morgan fingerprint density at radius 3 is 2.45 bits per heavy atom. The van der Waals surface area contributed by atoms with E-state index in [2.05, 4.69) is 26.8 Å². The minimum Gasteiger partial charge on any atom is -0.496 e. The van der Waals surface area contributed by atoms with Crippen molar-refractivity contribution in [2.45, 2.75) is 44.7 Å². The summed E-state index contributed by atoms with van der Waals surface area (Å²) in [6, 6.07) is 6.33. The lowest BCUT2D eigenvalue weighted by Gasteiger charge is -2.33. The molecule has 0 aliphatic carbocycles. The lowest BCUT2D eigenvalue weighted by atomic mass is 9.92. The number of nitrogen functional groups attached to an aromatic ring is 1. The number of halogens is 4. The van der Waals surface area contributed by atoms with Crippen LogP contribution in [-0.4, -0.2) is 63.2 Å². The molecule has 0 unspecified atom stereocenters. The number of methoxy groups -OCH3 is 2. The van der Waals surface area contributed by atoms with Crippen molar-refractivity contribution in [2.24, 2.45) is 0 Å². The number of benzene rings is 1. The maximum atomic E-state index is 14.2. The van der Waals surface area contributed by atoms with Crippen LogP contribution in [0.1, 0.15) is 34.9 Å². The largest absolute Gasteiger partial charge is 0.496 e. The summed E-state index contributed by atoms with van der Waals surface area (Å²) in [5, 5.41) is 11.2. The predicted octanol–water partition coefficient (Wildman–Crippen LogP) is 4.49. The van der Waals surface area contributed by atoms with E-state index in [1.807, 2.05) is 13.8 Å². The number of esters is 1. The second kappa shape index (κ2) is 12.3. The van der Waals surface area contributed by atoms with Crippen LogP contribution in [0.25, 0.3) is 11.0 Å². The number of nitrogens with two attached hydrogens (primary N) is 1. The van der Waals surface area contributed by atoms with Gasteiger partial charge in [-0.05, 0) is 20.8 Å². The molecule has 0 radical (unpaired) electrons. The fourth-order valence-corrected chi connectivity index (χ4v) is 4.97. The zero-order valence-corrected chi connectivity index (χ0v) is 25.2. The van der Waals surface area contributed by atoms with Crippen molar-refractivity contribution in [1.82, 2.24) is 19.5 Å². The molecule has 3 heterocycles. The van der Waals surface area contributed by atoms with Gasteiger partial charge in [0.15, 0.2) is 5.60 Å². The first-order valence-electron chi connectivity index (χ1n) is 13.1. The number of nitrogens with zero attached hydrogens (tertiary/aromatic N) is 4. The molecule has 0 saturated heterocycles. The first kappa shape index (κ1) is 32.5. The number of ether oxygens (including phenoxy) is 3. The Morgan fingerprint density at radius 1 is 1.16 bits per heavy atom. The molecule has 0 aliphatic heterocycles. The van der Waals surface area contributed by atoms with Gasteiger partial charge in [0, 0.05) is 36.2 Å². The van der Waals surface area contributed by atoms with Gasteiger partial charge < -0.3 is 29.6 Å². The molecule has 4 rings (SSSR count). The summed E-state index contributed by atoms with van der Waals surface area (Å²) < 4.78 is 59.5. The molecule has 0 amide bonds. The van der Waals surface area contributed by atoms with Crippen LogP contribution in [-0.2, 0) is 26.4 Å². The van der Waals surface area contributed by atoms with Crippen LogP contribution in [0.4, 0.5) is 19.1 Å². The van der Waals surface area contributed by atoms with Crippen LogP contribution >= 0.6 is 11.6 Å². The molecule has 10 nitrogen and oxygen atoms in total. The maximum Gasteiger partial charge on any atom is 0.432 e. The van der Waals surface area contributed by atoms with E-state index in [0.29, 0.717) is 22.5 Å². The van der Waals surface area contributed by atoms with Crippen LogP contribution in [0, 0.1) is 25.7 Å². The van der Waals surface area contributed by atoms with E-state index in [4.69, 9.17) is 31.5 Å². The van der Waals surface area contributed by atoms with Crippen LogP contribution < -0.4 is 10.5 Å². The summed E-state index contributed by atoms with van der Waals surface area (Å²) in [7, 11) is 2.31. The highest BCUT2D eigenvalue weighted by Gasteiger charge is 2.64. The van der Waals surface area contributed by atoms with Crippen molar-refractivity contribution in [3.8, 4) is 17.6 Å². The number of hydrogen-bond acceptors (Lipinski definition) is 9. The fraction of sp³-hybridized carbons (Fsp3) is 0.333. The van der Waals surface area contributed by atoms with E-state index in [0.717, 1.165) is 30.4 Å². The Labute approximate surface area is 255 Å². The average Bonchev–Trinajstić information content (AvgIpc) is 3.30. The normalized spacial score (nSPS) is 14.3. The van der Waals surface area contributed by atoms with Crippen LogP contribution in [0.15, 0.2) is 42.7 Å². The first-order chi connectivity index (χ1) is 20.6. The summed E-state index contributed by atoms with van der Waals surface area (Å²) in [6.45, 7) is 4.23. The quantitative estimate of drug-likeness (QED) is 0.164. The van der Waals surface area contributed by atoms with Gasteiger partial charge in [-0.2, -0.15) is 18.2 Å². The molecule has 3 N–H and O–H groups in total. The van der Waals surface area contributed by atoms with E-state index in [1.165, 1.54) is 25.1 Å². The highest BCUT2D eigenvalue weighted by molar-refractivity contribution is 6.34. The van der Waals surface area contributed by atoms with Gasteiger partial charge in [0.25, 0.3) is 5.60 Å². The fourth-order valence-electron chi connectivity index (χ4n) is 4.70. The Kier molecular flexibility index (Phi) is 9.11. The highest BCUT2D eigenvalue weighted by atomic mass is 35.5. The second-order valence-electron chi connectivity index (χ2n) is 10.1. The number of aryl methyl sites for hydroxylation is 1. The summed E-state index contributed by atoms with van der Waals surface area (Å²) in [6.07, 6.45) is -1.90. The minimum absolute atomic E-state index is 0.00861. The molecule has 0 aliphatic rings. The van der Waals surface area contributed by atoms with Gasteiger partial charge in [0.2, 0.25) is 5.95 Å². The van der Waals surface area contributed by atoms with Crippen molar-refractivity contribution < 1.29 is 37.3 Å².